The molecule has 16 heavy (non-hydrogen) atoms. The fourth-order valence-corrected chi connectivity index (χ4v) is 1.23. The molecule has 0 saturated heterocycles. The molecular weight excluding hydrogens is 228 g/mol. The second kappa shape index (κ2) is 6.15. The number of carbonyl (C=O) groups excluding carboxylic acids is 1. The Morgan fingerprint density at radius 3 is 2.81 bits per heavy atom. The van der Waals surface area contributed by atoms with Crippen molar-refractivity contribution in [3.8, 4) is 0 Å². The van der Waals surface area contributed by atoms with Crippen molar-refractivity contribution in [1.29, 1.82) is 0 Å². The van der Waals surface area contributed by atoms with Crippen LogP contribution in [0.2, 0.25) is 5.02 Å². The average molecular weight is 239 g/mol. The first kappa shape index (κ1) is 12.5. The van der Waals surface area contributed by atoms with Crippen LogP contribution in [0.25, 0.3) is 0 Å². The van der Waals surface area contributed by atoms with Crippen LogP contribution in [0.5, 0.6) is 0 Å². The molecule has 0 heterocycles. The van der Waals surface area contributed by atoms with Gasteiger partial charge in [-0.3, -0.25) is 9.79 Å². The Kier molecular flexibility index (Phi) is 4.82. The first-order chi connectivity index (χ1) is 7.69. The molecule has 4 nitrogen and oxygen atoms in total. The molecule has 1 rings (SSSR count). The molecule has 1 atom stereocenters. The van der Waals surface area contributed by atoms with Crippen LogP contribution in [0.4, 0.5) is 0 Å². The van der Waals surface area contributed by atoms with Crippen LogP contribution in [0.1, 0.15) is 5.56 Å². The van der Waals surface area contributed by atoms with E-state index in [0.29, 0.717) is 10.6 Å². The van der Waals surface area contributed by atoms with E-state index in [9.17, 15) is 4.79 Å². The maximum absolute atomic E-state index is 11.1. The molecule has 0 aliphatic heterocycles. The molecule has 1 unspecified atom stereocenters. The number of rotatable bonds is 4. The molecule has 5 heteroatoms. The number of aliphatic hydroxyl groups is 1. The van der Waals surface area contributed by atoms with Crippen molar-refractivity contribution in [3.63, 3.8) is 0 Å². The van der Waals surface area contributed by atoms with Gasteiger partial charge in [-0.15, -0.1) is 0 Å². The van der Waals surface area contributed by atoms with Crippen LogP contribution in [0, 0.1) is 0 Å². The highest BCUT2D eigenvalue weighted by Crippen LogP contribution is 2.12. The summed E-state index contributed by atoms with van der Waals surface area (Å²) in [5.41, 5.74) is 0.680. The van der Waals surface area contributed by atoms with E-state index >= 15 is 0 Å². The van der Waals surface area contributed by atoms with Gasteiger partial charge in [0.25, 0.3) is 5.91 Å². The SMILES string of the molecule is C=NC(=O)C(CO)N=Cc1ccccc1Cl. The topological polar surface area (TPSA) is 62.0 Å². The predicted octanol–water partition coefficient (Wildman–Crippen LogP) is 1.35. The zero-order chi connectivity index (χ0) is 12.0. The Bertz CT molecular complexity index is 418. The maximum atomic E-state index is 11.1. The van der Waals surface area contributed by atoms with Crippen molar-refractivity contribution < 1.29 is 9.90 Å². The quantitative estimate of drug-likeness (QED) is 0.805. The molecule has 0 fully saturated rings. The highest BCUT2D eigenvalue weighted by atomic mass is 35.5. The van der Waals surface area contributed by atoms with Crippen molar-refractivity contribution in [2.75, 3.05) is 6.61 Å². The first-order valence-corrected chi connectivity index (χ1v) is 4.96. The molecule has 0 aromatic heterocycles. The highest BCUT2D eigenvalue weighted by Gasteiger charge is 2.13. The maximum Gasteiger partial charge on any atom is 0.272 e. The van der Waals surface area contributed by atoms with Gasteiger partial charge in [-0.2, -0.15) is 0 Å². The fraction of sp³-hybridized carbons (Fsp3) is 0.182. The Hall–Kier alpha value is -1.52. The van der Waals surface area contributed by atoms with E-state index in [0.717, 1.165) is 0 Å². The molecule has 1 aromatic rings. The third-order valence-electron chi connectivity index (χ3n) is 1.91. The minimum absolute atomic E-state index is 0.404. The number of amides is 1. The van der Waals surface area contributed by atoms with E-state index in [1.165, 1.54) is 6.21 Å². The van der Waals surface area contributed by atoms with Crippen LogP contribution in [-0.2, 0) is 4.79 Å². The van der Waals surface area contributed by atoms with Gasteiger partial charge in [-0.05, 0) is 12.8 Å². The van der Waals surface area contributed by atoms with E-state index in [-0.39, 0.29) is 0 Å². The molecule has 0 radical (unpaired) electrons. The van der Waals surface area contributed by atoms with Gasteiger partial charge in [0, 0.05) is 16.8 Å². The minimum Gasteiger partial charge on any atom is -0.394 e. The third kappa shape index (κ3) is 3.25. The van der Waals surface area contributed by atoms with Gasteiger partial charge >= 0.3 is 0 Å². The highest BCUT2D eigenvalue weighted by molar-refractivity contribution is 6.33. The van der Waals surface area contributed by atoms with Gasteiger partial charge in [-0.25, -0.2) is 4.99 Å². The molecule has 1 aromatic carbocycles. The smallest absolute Gasteiger partial charge is 0.272 e. The van der Waals surface area contributed by atoms with Crippen molar-refractivity contribution in [2.24, 2.45) is 9.98 Å². The summed E-state index contributed by atoms with van der Waals surface area (Å²) in [5.74, 6) is -0.564. The normalized spacial score (nSPS) is 12.6. The lowest BCUT2D eigenvalue weighted by molar-refractivity contribution is -0.119. The molecule has 84 valence electrons. The number of benzene rings is 1. The Morgan fingerprint density at radius 2 is 2.25 bits per heavy atom. The summed E-state index contributed by atoms with van der Waals surface area (Å²) in [7, 11) is 0. The number of carbonyl (C=O) groups is 1. The fourth-order valence-electron chi connectivity index (χ4n) is 1.04. The Labute approximate surface area is 98.3 Å². The Morgan fingerprint density at radius 1 is 1.56 bits per heavy atom. The molecule has 1 amide bonds. The number of hydrogen-bond donors (Lipinski definition) is 1. The van der Waals surface area contributed by atoms with Crippen molar-refractivity contribution in [1.82, 2.24) is 0 Å². The van der Waals surface area contributed by atoms with Crippen LogP contribution < -0.4 is 0 Å². The van der Waals surface area contributed by atoms with Gasteiger partial charge < -0.3 is 5.11 Å². The minimum atomic E-state index is -0.909. The number of halogens is 1. The molecule has 0 saturated carbocycles. The van der Waals surface area contributed by atoms with E-state index < -0.39 is 18.6 Å². The summed E-state index contributed by atoms with van der Waals surface area (Å²) in [5, 5.41) is 9.45. The van der Waals surface area contributed by atoms with Gasteiger partial charge in [-0.1, -0.05) is 29.8 Å². The van der Waals surface area contributed by atoms with E-state index in [1.54, 1.807) is 24.3 Å². The van der Waals surface area contributed by atoms with Crippen LogP contribution >= 0.6 is 11.6 Å². The Balaban J connectivity index is 2.83. The van der Waals surface area contributed by atoms with E-state index in [2.05, 4.69) is 16.7 Å². The van der Waals surface area contributed by atoms with Crippen molar-refractivity contribution >= 4 is 30.4 Å². The first-order valence-electron chi connectivity index (χ1n) is 4.58. The van der Waals surface area contributed by atoms with Gasteiger partial charge in [0.15, 0.2) is 6.04 Å². The number of nitrogens with zero attached hydrogens (tertiary/aromatic N) is 2. The van der Waals surface area contributed by atoms with Crippen molar-refractivity contribution in [3.05, 3.63) is 34.9 Å². The molecule has 0 spiro atoms. The summed E-state index contributed by atoms with van der Waals surface area (Å²) >= 11 is 5.89. The predicted molar refractivity (Wildman–Crippen MR) is 64.5 cm³/mol. The lowest BCUT2D eigenvalue weighted by Gasteiger charge is -2.03. The lowest BCUT2D eigenvalue weighted by atomic mass is 10.2. The second-order valence-corrected chi connectivity index (χ2v) is 3.40. The monoisotopic (exact) mass is 238 g/mol. The summed E-state index contributed by atoms with van der Waals surface area (Å²) < 4.78 is 0. The zero-order valence-electron chi connectivity index (χ0n) is 8.51. The van der Waals surface area contributed by atoms with E-state index in [4.69, 9.17) is 16.7 Å². The van der Waals surface area contributed by atoms with Crippen LogP contribution in [0.15, 0.2) is 34.3 Å². The lowest BCUT2D eigenvalue weighted by Crippen LogP contribution is -2.20. The van der Waals surface area contributed by atoms with Gasteiger partial charge in [0.2, 0.25) is 0 Å². The molecule has 0 aliphatic carbocycles. The van der Waals surface area contributed by atoms with Crippen LogP contribution in [-0.4, -0.2) is 36.6 Å². The summed E-state index contributed by atoms with van der Waals surface area (Å²) in [4.78, 5) is 18.2. The molecule has 0 bridgehead atoms. The molecule has 0 aliphatic rings. The summed E-state index contributed by atoms with van der Waals surface area (Å²) in [6.45, 7) is 2.69. The van der Waals surface area contributed by atoms with E-state index in [1.807, 2.05) is 0 Å². The van der Waals surface area contributed by atoms with Gasteiger partial charge in [0.1, 0.15) is 0 Å². The van der Waals surface area contributed by atoms with Crippen LogP contribution in [0.3, 0.4) is 0 Å². The molecule has 1 N–H and O–H groups in total. The standard InChI is InChI=1S/C11H11ClN2O2/c1-13-11(16)10(7-15)14-6-8-4-2-3-5-9(8)12/h2-6,10,15H,1,7H2. The number of hydrogen-bond acceptors (Lipinski definition) is 3. The summed E-state index contributed by atoms with van der Waals surface area (Å²) in [6, 6.07) is 6.15. The number of aliphatic imine (C=N–C) groups is 2. The molecular formula is C11H11ClN2O2. The third-order valence-corrected chi connectivity index (χ3v) is 2.26. The second-order valence-electron chi connectivity index (χ2n) is 2.99. The average Bonchev–Trinajstić information content (AvgIpc) is 2.31. The van der Waals surface area contributed by atoms with Crippen molar-refractivity contribution in [2.45, 2.75) is 6.04 Å². The van der Waals surface area contributed by atoms with Gasteiger partial charge in [0.05, 0.1) is 6.61 Å². The number of aliphatic hydroxyl groups excluding tert-OH is 1. The zero-order valence-corrected chi connectivity index (χ0v) is 9.26. The largest absolute Gasteiger partial charge is 0.394 e. The summed E-state index contributed by atoms with van der Waals surface area (Å²) in [6.07, 6.45) is 1.44.